The average Bonchev–Trinajstić information content (AvgIpc) is 2.87. The number of thiazole rings is 1. The van der Waals surface area contributed by atoms with Gasteiger partial charge in [0.15, 0.2) is 5.13 Å². The predicted octanol–water partition coefficient (Wildman–Crippen LogP) is 0.758. The largest absolute Gasteiger partial charge is 0.480 e. The second kappa shape index (κ2) is 5.85. The molecule has 1 aliphatic rings. The summed E-state index contributed by atoms with van der Waals surface area (Å²) in [6, 6.07) is -0.402. The zero-order chi connectivity index (χ0) is 14.0. The summed E-state index contributed by atoms with van der Waals surface area (Å²) in [7, 11) is 4.21. The minimum Gasteiger partial charge on any atom is -0.480 e. The summed E-state index contributed by atoms with van der Waals surface area (Å²) < 4.78 is 0. The molecule has 6 nitrogen and oxygen atoms in total. The molecule has 1 aliphatic heterocycles. The number of hydrogen-bond donors (Lipinski definition) is 2. The van der Waals surface area contributed by atoms with Gasteiger partial charge in [-0.05, 0) is 26.9 Å². The molecule has 2 heterocycles. The minimum atomic E-state index is -1.04. The Balaban J connectivity index is 1.99. The molecule has 1 fully saturated rings. The Morgan fingerprint density at radius 1 is 1.58 bits per heavy atom. The Hall–Kier alpha value is -1.18. The van der Waals surface area contributed by atoms with Gasteiger partial charge in [-0.15, -0.1) is 11.3 Å². The first-order valence-electron chi connectivity index (χ1n) is 6.34. The number of piperidine rings is 1. The van der Waals surface area contributed by atoms with Crippen LogP contribution in [0.2, 0.25) is 0 Å². The van der Waals surface area contributed by atoms with Crippen molar-refractivity contribution < 1.29 is 9.90 Å². The number of nitrogens with two attached hydrogens (primary N) is 1. The van der Waals surface area contributed by atoms with E-state index >= 15 is 0 Å². The molecule has 1 unspecified atom stereocenters. The summed E-state index contributed by atoms with van der Waals surface area (Å²) >= 11 is 1.47. The SMILES string of the molecule is CN(C)C1CCN(c2nc(C(N)C(=O)O)cs2)CC1. The Kier molecular flexibility index (Phi) is 4.38. The van der Waals surface area contributed by atoms with Crippen molar-refractivity contribution in [2.45, 2.75) is 24.9 Å². The number of hydrogen-bond acceptors (Lipinski definition) is 6. The topological polar surface area (TPSA) is 82.7 Å². The van der Waals surface area contributed by atoms with Crippen LogP contribution in [0.4, 0.5) is 5.13 Å². The van der Waals surface area contributed by atoms with Gasteiger partial charge in [-0.3, -0.25) is 4.79 Å². The van der Waals surface area contributed by atoms with Crippen molar-refractivity contribution >= 4 is 22.4 Å². The van der Waals surface area contributed by atoms with E-state index < -0.39 is 12.0 Å². The van der Waals surface area contributed by atoms with E-state index in [2.05, 4.69) is 28.9 Å². The third-order valence-corrected chi connectivity index (χ3v) is 4.48. The van der Waals surface area contributed by atoms with Crippen molar-refractivity contribution in [2.24, 2.45) is 5.73 Å². The van der Waals surface area contributed by atoms with Crippen molar-refractivity contribution in [3.05, 3.63) is 11.1 Å². The molecule has 1 atom stereocenters. The maximum absolute atomic E-state index is 10.8. The zero-order valence-electron chi connectivity index (χ0n) is 11.2. The van der Waals surface area contributed by atoms with E-state index in [9.17, 15) is 4.79 Å². The molecule has 1 aromatic rings. The Labute approximate surface area is 116 Å². The lowest BCUT2D eigenvalue weighted by atomic mass is 10.0. The lowest BCUT2D eigenvalue weighted by Crippen LogP contribution is -2.42. The normalized spacial score (nSPS) is 18.8. The maximum atomic E-state index is 10.8. The van der Waals surface area contributed by atoms with Gasteiger partial charge in [-0.1, -0.05) is 0 Å². The van der Waals surface area contributed by atoms with Gasteiger partial charge < -0.3 is 20.6 Å². The van der Waals surface area contributed by atoms with Crippen LogP contribution in [0, 0.1) is 0 Å². The van der Waals surface area contributed by atoms with Crippen molar-refractivity contribution in [3.63, 3.8) is 0 Å². The summed E-state index contributed by atoms with van der Waals surface area (Å²) in [6.45, 7) is 1.91. The maximum Gasteiger partial charge on any atom is 0.326 e. The van der Waals surface area contributed by atoms with Crippen LogP contribution in [0.1, 0.15) is 24.6 Å². The number of anilines is 1. The van der Waals surface area contributed by atoms with Gasteiger partial charge in [0.25, 0.3) is 0 Å². The quantitative estimate of drug-likeness (QED) is 0.849. The molecule has 19 heavy (non-hydrogen) atoms. The lowest BCUT2D eigenvalue weighted by molar-refractivity contribution is -0.138. The molecular formula is C12H20N4O2S. The molecule has 7 heteroatoms. The number of aromatic nitrogens is 1. The molecule has 0 aliphatic carbocycles. The van der Waals surface area contributed by atoms with Crippen LogP contribution in [-0.2, 0) is 4.79 Å². The summed E-state index contributed by atoms with van der Waals surface area (Å²) in [4.78, 5) is 19.6. The van der Waals surface area contributed by atoms with Gasteiger partial charge in [0.1, 0.15) is 6.04 Å². The molecule has 2 rings (SSSR count). The van der Waals surface area contributed by atoms with E-state index in [-0.39, 0.29) is 0 Å². The Bertz CT molecular complexity index is 441. The van der Waals surface area contributed by atoms with Crippen LogP contribution in [0.3, 0.4) is 0 Å². The first-order valence-corrected chi connectivity index (χ1v) is 7.22. The van der Waals surface area contributed by atoms with Gasteiger partial charge in [0, 0.05) is 24.5 Å². The van der Waals surface area contributed by atoms with Crippen LogP contribution >= 0.6 is 11.3 Å². The average molecular weight is 284 g/mol. The predicted molar refractivity (Wildman–Crippen MR) is 75.6 cm³/mol. The second-order valence-corrected chi connectivity index (χ2v) is 5.89. The first kappa shape index (κ1) is 14.2. The number of aliphatic carboxylic acids is 1. The first-order chi connectivity index (χ1) is 8.99. The fourth-order valence-corrected chi connectivity index (χ4v) is 3.18. The third kappa shape index (κ3) is 3.23. The molecule has 0 aromatic carbocycles. The minimum absolute atomic E-state index is 0.447. The number of rotatable bonds is 4. The van der Waals surface area contributed by atoms with Crippen LogP contribution in [0.5, 0.6) is 0 Å². The van der Waals surface area contributed by atoms with Crippen LogP contribution in [0.25, 0.3) is 0 Å². The summed E-state index contributed by atoms with van der Waals surface area (Å²) in [5.41, 5.74) is 6.01. The standard InChI is InChI=1S/C12H20N4O2S/c1-15(2)8-3-5-16(6-4-8)12-14-9(7-19-12)10(13)11(17)18/h7-8,10H,3-6,13H2,1-2H3,(H,17,18). The molecule has 0 radical (unpaired) electrons. The van der Waals surface area contributed by atoms with Gasteiger partial charge >= 0.3 is 5.97 Å². The van der Waals surface area contributed by atoms with Crippen molar-refractivity contribution in [3.8, 4) is 0 Å². The monoisotopic (exact) mass is 284 g/mol. The zero-order valence-corrected chi connectivity index (χ0v) is 12.1. The molecule has 0 spiro atoms. The molecule has 0 amide bonds. The summed E-state index contributed by atoms with van der Waals surface area (Å²) in [5.74, 6) is -1.04. The highest BCUT2D eigenvalue weighted by Crippen LogP contribution is 2.26. The number of carboxylic acids is 1. The van der Waals surface area contributed by atoms with Crippen molar-refractivity contribution in [2.75, 3.05) is 32.1 Å². The van der Waals surface area contributed by atoms with E-state index in [0.717, 1.165) is 31.1 Å². The van der Waals surface area contributed by atoms with Gasteiger partial charge in [-0.2, -0.15) is 0 Å². The summed E-state index contributed by atoms with van der Waals surface area (Å²) in [6.07, 6.45) is 2.21. The van der Waals surface area contributed by atoms with Gasteiger partial charge in [-0.25, -0.2) is 4.98 Å². The fraction of sp³-hybridized carbons (Fsp3) is 0.667. The summed E-state index contributed by atoms with van der Waals surface area (Å²) in [5, 5.41) is 11.5. The van der Waals surface area contributed by atoms with E-state index in [1.807, 2.05) is 0 Å². The van der Waals surface area contributed by atoms with Gasteiger partial charge in [0.05, 0.1) is 5.69 Å². The highest BCUT2D eigenvalue weighted by Gasteiger charge is 2.24. The van der Waals surface area contributed by atoms with Crippen molar-refractivity contribution in [1.82, 2.24) is 9.88 Å². The molecule has 1 saturated heterocycles. The molecule has 106 valence electrons. The molecule has 0 bridgehead atoms. The Morgan fingerprint density at radius 2 is 2.21 bits per heavy atom. The van der Waals surface area contributed by atoms with E-state index in [1.54, 1.807) is 5.38 Å². The van der Waals surface area contributed by atoms with Gasteiger partial charge in [0.2, 0.25) is 0 Å². The van der Waals surface area contributed by atoms with Crippen LogP contribution in [0.15, 0.2) is 5.38 Å². The van der Waals surface area contributed by atoms with E-state index in [0.29, 0.717) is 11.7 Å². The number of carbonyl (C=O) groups is 1. The van der Waals surface area contributed by atoms with Crippen molar-refractivity contribution in [1.29, 1.82) is 0 Å². The number of nitrogens with zero attached hydrogens (tertiary/aromatic N) is 3. The highest BCUT2D eigenvalue weighted by molar-refractivity contribution is 7.13. The van der Waals surface area contributed by atoms with Crippen LogP contribution in [-0.4, -0.2) is 54.2 Å². The Morgan fingerprint density at radius 3 is 2.74 bits per heavy atom. The smallest absolute Gasteiger partial charge is 0.326 e. The second-order valence-electron chi connectivity index (χ2n) is 5.05. The highest BCUT2D eigenvalue weighted by atomic mass is 32.1. The van der Waals surface area contributed by atoms with E-state index in [1.165, 1.54) is 11.3 Å². The number of carboxylic acid groups (broad SMARTS) is 1. The molecule has 1 aromatic heterocycles. The fourth-order valence-electron chi connectivity index (χ4n) is 2.26. The molecule has 3 N–H and O–H groups in total. The van der Waals surface area contributed by atoms with Crippen LogP contribution < -0.4 is 10.6 Å². The molecule has 0 saturated carbocycles. The van der Waals surface area contributed by atoms with E-state index in [4.69, 9.17) is 10.8 Å². The molecular weight excluding hydrogens is 264 g/mol. The lowest BCUT2D eigenvalue weighted by Gasteiger charge is -2.35. The third-order valence-electron chi connectivity index (χ3n) is 3.56.